The third-order valence-corrected chi connectivity index (χ3v) is 3.63. The zero-order valence-corrected chi connectivity index (χ0v) is 11.3. The Bertz CT molecular complexity index is 387. The van der Waals surface area contributed by atoms with Crippen LogP contribution < -0.4 is 0 Å². The van der Waals surface area contributed by atoms with Gasteiger partial charge in [-0.1, -0.05) is 0 Å². The van der Waals surface area contributed by atoms with E-state index in [1.807, 2.05) is 44.3 Å². The van der Waals surface area contributed by atoms with Crippen molar-refractivity contribution in [2.45, 2.75) is 38.6 Å². The molecule has 0 atom stereocenters. The van der Waals surface area contributed by atoms with Crippen LogP contribution in [0, 0.1) is 23.7 Å². The van der Waals surface area contributed by atoms with Gasteiger partial charge in [0, 0.05) is 7.05 Å². The molecule has 0 unspecified atom stereocenters. The molecule has 0 N–H and O–H groups in total. The molecule has 16 heavy (non-hydrogen) atoms. The maximum absolute atomic E-state index is 8.89. The standard InChI is InChI=1S/C12H19N3S/c1-10-8-11(15(4)14-10)16-7-5-6-12(2,3)9-13/h8H,5-7H2,1-4H3. The number of nitrogens with zero attached hydrogens (tertiary/aromatic N) is 3. The molecule has 0 aliphatic carbocycles. The molecular weight excluding hydrogens is 218 g/mol. The first-order chi connectivity index (χ1) is 7.44. The molecular formula is C12H19N3S. The van der Waals surface area contributed by atoms with E-state index < -0.39 is 0 Å². The van der Waals surface area contributed by atoms with E-state index in [1.165, 1.54) is 5.03 Å². The van der Waals surface area contributed by atoms with Gasteiger partial charge in [-0.05, 0) is 45.4 Å². The summed E-state index contributed by atoms with van der Waals surface area (Å²) in [6, 6.07) is 4.43. The number of thioether (sulfide) groups is 1. The van der Waals surface area contributed by atoms with Gasteiger partial charge in [0.2, 0.25) is 0 Å². The summed E-state index contributed by atoms with van der Waals surface area (Å²) in [5.74, 6) is 1.05. The quantitative estimate of drug-likeness (QED) is 0.583. The molecule has 1 aromatic rings. The highest BCUT2D eigenvalue weighted by atomic mass is 32.2. The molecule has 0 spiro atoms. The van der Waals surface area contributed by atoms with Crippen molar-refractivity contribution in [1.82, 2.24) is 9.78 Å². The maximum Gasteiger partial charge on any atom is 0.0939 e. The molecule has 1 rings (SSSR count). The smallest absolute Gasteiger partial charge is 0.0939 e. The van der Waals surface area contributed by atoms with Gasteiger partial charge < -0.3 is 0 Å². The number of hydrogen-bond donors (Lipinski definition) is 0. The molecule has 88 valence electrons. The monoisotopic (exact) mass is 237 g/mol. The molecule has 0 aromatic carbocycles. The SMILES string of the molecule is Cc1cc(SCCCC(C)(C)C#N)n(C)n1. The molecule has 0 fully saturated rings. The Morgan fingerprint density at radius 3 is 2.75 bits per heavy atom. The van der Waals surface area contributed by atoms with E-state index >= 15 is 0 Å². The van der Waals surface area contributed by atoms with E-state index in [-0.39, 0.29) is 5.41 Å². The normalized spacial score (nSPS) is 11.4. The van der Waals surface area contributed by atoms with Gasteiger partial charge in [-0.3, -0.25) is 4.68 Å². The van der Waals surface area contributed by atoms with Crippen molar-refractivity contribution in [2.24, 2.45) is 12.5 Å². The Hall–Kier alpha value is -0.950. The van der Waals surface area contributed by atoms with Crippen LogP contribution in [0.1, 0.15) is 32.4 Å². The minimum atomic E-state index is -0.192. The fourth-order valence-electron chi connectivity index (χ4n) is 1.47. The molecule has 0 bridgehead atoms. The Balaban J connectivity index is 2.32. The molecule has 0 aliphatic rings. The van der Waals surface area contributed by atoms with Crippen LogP contribution in [0.3, 0.4) is 0 Å². The van der Waals surface area contributed by atoms with Crippen LogP contribution in [-0.4, -0.2) is 15.5 Å². The number of aryl methyl sites for hydroxylation is 2. The number of aromatic nitrogens is 2. The highest BCUT2D eigenvalue weighted by Gasteiger charge is 2.15. The number of nitriles is 1. The van der Waals surface area contributed by atoms with Gasteiger partial charge in [-0.25, -0.2) is 0 Å². The minimum Gasteiger partial charge on any atom is -0.262 e. The fraction of sp³-hybridized carbons (Fsp3) is 0.667. The highest BCUT2D eigenvalue weighted by molar-refractivity contribution is 7.99. The van der Waals surface area contributed by atoms with Crippen molar-refractivity contribution in [3.8, 4) is 6.07 Å². The van der Waals surface area contributed by atoms with Crippen molar-refractivity contribution in [3.63, 3.8) is 0 Å². The summed E-state index contributed by atoms with van der Waals surface area (Å²) in [4.78, 5) is 0. The predicted octanol–water partition coefficient (Wildman–Crippen LogP) is 3.15. The van der Waals surface area contributed by atoms with Crippen LogP contribution >= 0.6 is 11.8 Å². The van der Waals surface area contributed by atoms with Crippen LogP contribution in [-0.2, 0) is 7.05 Å². The number of hydrogen-bond acceptors (Lipinski definition) is 3. The van der Waals surface area contributed by atoms with E-state index in [0.717, 1.165) is 24.3 Å². The number of rotatable bonds is 5. The maximum atomic E-state index is 8.89. The van der Waals surface area contributed by atoms with E-state index in [2.05, 4.69) is 17.2 Å². The average molecular weight is 237 g/mol. The molecule has 1 aromatic heterocycles. The summed E-state index contributed by atoms with van der Waals surface area (Å²) < 4.78 is 1.91. The first kappa shape index (κ1) is 13.1. The van der Waals surface area contributed by atoms with Gasteiger partial charge in [0.1, 0.15) is 0 Å². The van der Waals surface area contributed by atoms with Crippen LogP contribution in [0.25, 0.3) is 0 Å². The topological polar surface area (TPSA) is 41.6 Å². The fourth-order valence-corrected chi connectivity index (χ4v) is 2.45. The van der Waals surface area contributed by atoms with Crippen LogP contribution in [0.5, 0.6) is 0 Å². The van der Waals surface area contributed by atoms with Gasteiger partial charge in [0.15, 0.2) is 0 Å². The minimum absolute atomic E-state index is 0.192. The van der Waals surface area contributed by atoms with E-state index in [9.17, 15) is 0 Å². The Labute approximate surface area is 102 Å². The summed E-state index contributed by atoms with van der Waals surface area (Å²) in [7, 11) is 1.97. The van der Waals surface area contributed by atoms with Gasteiger partial charge in [-0.15, -0.1) is 11.8 Å². The Kier molecular flexibility index (Phi) is 4.43. The molecule has 0 amide bonds. The second kappa shape index (κ2) is 5.40. The summed E-state index contributed by atoms with van der Waals surface area (Å²) in [5, 5.41) is 14.4. The van der Waals surface area contributed by atoms with Crippen LogP contribution in [0.15, 0.2) is 11.1 Å². The van der Waals surface area contributed by atoms with Crippen molar-refractivity contribution >= 4 is 11.8 Å². The first-order valence-electron chi connectivity index (χ1n) is 5.49. The Morgan fingerprint density at radius 2 is 2.25 bits per heavy atom. The second-order valence-corrected chi connectivity index (χ2v) is 5.81. The average Bonchev–Trinajstić information content (AvgIpc) is 2.52. The lowest BCUT2D eigenvalue weighted by Gasteiger charge is -2.13. The van der Waals surface area contributed by atoms with E-state index in [0.29, 0.717) is 0 Å². The zero-order chi connectivity index (χ0) is 12.2. The van der Waals surface area contributed by atoms with Gasteiger partial charge in [0.25, 0.3) is 0 Å². The summed E-state index contributed by atoms with van der Waals surface area (Å²) in [6.07, 6.45) is 2.02. The summed E-state index contributed by atoms with van der Waals surface area (Å²) in [5.41, 5.74) is 0.866. The molecule has 0 saturated carbocycles. The van der Waals surface area contributed by atoms with Gasteiger partial charge in [-0.2, -0.15) is 10.4 Å². The molecule has 0 aliphatic heterocycles. The highest BCUT2D eigenvalue weighted by Crippen LogP contribution is 2.25. The van der Waals surface area contributed by atoms with Crippen molar-refractivity contribution in [1.29, 1.82) is 5.26 Å². The Morgan fingerprint density at radius 1 is 1.56 bits per heavy atom. The molecule has 3 nitrogen and oxygen atoms in total. The first-order valence-corrected chi connectivity index (χ1v) is 6.48. The van der Waals surface area contributed by atoms with Crippen molar-refractivity contribution < 1.29 is 0 Å². The van der Waals surface area contributed by atoms with Crippen LogP contribution in [0.2, 0.25) is 0 Å². The van der Waals surface area contributed by atoms with Gasteiger partial charge in [0.05, 0.1) is 22.2 Å². The predicted molar refractivity (Wildman–Crippen MR) is 67.3 cm³/mol. The second-order valence-electron chi connectivity index (χ2n) is 4.70. The lowest BCUT2D eigenvalue weighted by Crippen LogP contribution is -2.07. The lowest BCUT2D eigenvalue weighted by molar-refractivity contribution is 0.447. The van der Waals surface area contributed by atoms with Crippen LogP contribution in [0.4, 0.5) is 0 Å². The van der Waals surface area contributed by atoms with Gasteiger partial charge >= 0.3 is 0 Å². The summed E-state index contributed by atoms with van der Waals surface area (Å²) in [6.45, 7) is 5.99. The zero-order valence-electron chi connectivity index (χ0n) is 10.4. The summed E-state index contributed by atoms with van der Waals surface area (Å²) >= 11 is 1.81. The van der Waals surface area contributed by atoms with Crippen molar-refractivity contribution in [2.75, 3.05) is 5.75 Å². The van der Waals surface area contributed by atoms with E-state index in [4.69, 9.17) is 5.26 Å². The molecule has 1 heterocycles. The molecule has 4 heteroatoms. The molecule has 0 saturated heterocycles. The molecule has 0 radical (unpaired) electrons. The third kappa shape index (κ3) is 3.90. The van der Waals surface area contributed by atoms with E-state index in [1.54, 1.807) is 0 Å². The lowest BCUT2D eigenvalue weighted by atomic mass is 9.90. The third-order valence-electron chi connectivity index (χ3n) is 2.46. The van der Waals surface area contributed by atoms with Crippen molar-refractivity contribution in [3.05, 3.63) is 11.8 Å². The largest absolute Gasteiger partial charge is 0.262 e.